The molecule has 1 amide bonds. The number of carbonyl (C=O) groups is 1. The van der Waals surface area contributed by atoms with Gasteiger partial charge in [-0.1, -0.05) is 13.8 Å². The van der Waals surface area contributed by atoms with Crippen LogP contribution in [-0.4, -0.2) is 23.0 Å². The molecule has 78 valence electrons. The van der Waals surface area contributed by atoms with Crippen molar-refractivity contribution in [3.63, 3.8) is 0 Å². The van der Waals surface area contributed by atoms with Gasteiger partial charge in [0.05, 0.1) is 7.11 Å². The minimum absolute atomic E-state index is 0.316. The number of nitrogens with one attached hydrogen (secondary N) is 1. The second-order valence-electron chi connectivity index (χ2n) is 3.38. The van der Waals surface area contributed by atoms with Crippen LogP contribution in [0.15, 0.2) is 6.20 Å². The van der Waals surface area contributed by atoms with Crippen LogP contribution >= 0.6 is 0 Å². The molecular weight excluding hydrogens is 182 g/mol. The third-order valence-electron chi connectivity index (χ3n) is 1.88. The van der Waals surface area contributed by atoms with E-state index in [0.29, 0.717) is 11.7 Å². The molecule has 0 aliphatic carbocycles. The Morgan fingerprint density at radius 3 is 2.79 bits per heavy atom. The standard InChI is InChI=1S/C9H15N3O2/c1-6(2)7-5-12(3)11-8(7)10-9(13)14-4/h5-6H,1-4H3,(H,10,11,13). The van der Waals surface area contributed by atoms with Gasteiger partial charge in [0.1, 0.15) is 0 Å². The first-order chi connectivity index (χ1) is 6.54. The minimum atomic E-state index is -0.495. The van der Waals surface area contributed by atoms with E-state index in [2.05, 4.69) is 15.2 Å². The van der Waals surface area contributed by atoms with Crippen LogP contribution in [0, 0.1) is 0 Å². The van der Waals surface area contributed by atoms with Crippen molar-refractivity contribution in [2.24, 2.45) is 7.05 Å². The molecule has 0 spiro atoms. The van der Waals surface area contributed by atoms with Crippen LogP contribution in [0.5, 0.6) is 0 Å². The van der Waals surface area contributed by atoms with Gasteiger partial charge in [0, 0.05) is 18.8 Å². The molecule has 0 radical (unpaired) electrons. The second kappa shape index (κ2) is 4.13. The number of ether oxygens (including phenoxy) is 1. The van der Waals surface area contributed by atoms with Crippen molar-refractivity contribution in [1.29, 1.82) is 0 Å². The molecule has 0 saturated heterocycles. The number of aryl methyl sites for hydroxylation is 1. The molecule has 0 bridgehead atoms. The minimum Gasteiger partial charge on any atom is -0.453 e. The Morgan fingerprint density at radius 2 is 2.29 bits per heavy atom. The number of anilines is 1. The first-order valence-corrected chi connectivity index (χ1v) is 4.43. The average Bonchev–Trinajstić information content (AvgIpc) is 2.46. The van der Waals surface area contributed by atoms with Crippen molar-refractivity contribution in [3.8, 4) is 0 Å². The van der Waals surface area contributed by atoms with Crippen LogP contribution in [-0.2, 0) is 11.8 Å². The molecule has 1 aromatic heterocycles. The summed E-state index contributed by atoms with van der Waals surface area (Å²) in [5, 5.41) is 6.69. The summed E-state index contributed by atoms with van der Waals surface area (Å²) in [5.41, 5.74) is 0.998. The fraction of sp³-hybridized carbons (Fsp3) is 0.556. The highest BCUT2D eigenvalue weighted by Gasteiger charge is 2.13. The van der Waals surface area contributed by atoms with Crippen LogP contribution in [0.3, 0.4) is 0 Å². The third-order valence-corrected chi connectivity index (χ3v) is 1.88. The highest BCUT2D eigenvalue weighted by atomic mass is 16.5. The van der Waals surface area contributed by atoms with Crippen LogP contribution in [0.2, 0.25) is 0 Å². The number of carbonyl (C=O) groups excluding carboxylic acids is 1. The topological polar surface area (TPSA) is 56.1 Å². The van der Waals surface area contributed by atoms with Gasteiger partial charge < -0.3 is 4.74 Å². The lowest BCUT2D eigenvalue weighted by Crippen LogP contribution is -2.13. The summed E-state index contributed by atoms with van der Waals surface area (Å²) in [5.74, 6) is 0.880. The van der Waals surface area contributed by atoms with E-state index in [4.69, 9.17) is 0 Å². The molecule has 0 aromatic carbocycles. The first kappa shape index (κ1) is 10.6. The van der Waals surface area contributed by atoms with E-state index in [1.165, 1.54) is 7.11 Å². The Morgan fingerprint density at radius 1 is 1.64 bits per heavy atom. The zero-order valence-electron chi connectivity index (χ0n) is 8.87. The lowest BCUT2D eigenvalue weighted by atomic mass is 10.1. The molecule has 0 fully saturated rings. The number of amides is 1. The normalized spacial score (nSPS) is 10.4. The van der Waals surface area contributed by atoms with Gasteiger partial charge in [-0.25, -0.2) is 4.79 Å². The quantitative estimate of drug-likeness (QED) is 0.785. The van der Waals surface area contributed by atoms with Crippen molar-refractivity contribution >= 4 is 11.9 Å². The molecule has 0 aliphatic heterocycles. The molecule has 1 rings (SSSR count). The lowest BCUT2D eigenvalue weighted by molar-refractivity contribution is 0.186. The maximum Gasteiger partial charge on any atom is 0.412 e. The molecule has 1 N–H and O–H groups in total. The van der Waals surface area contributed by atoms with Gasteiger partial charge in [0.2, 0.25) is 0 Å². The molecule has 0 aliphatic rings. The number of aromatic nitrogens is 2. The highest BCUT2D eigenvalue weighted by molar-refractivity contribution is 5.84. The molecule has 14 heavy (non-hydrogen) atoms. The van der Waals surface area contributed by atoms with Crippen LogP contribution in [0.25, 0.3) is 0 Å². The summed E-state index contributed by atoms with van der Waals surface area (Å²) in [6.07, 6.45) is 1.39. The van der Waals surface area contributed by atoms with Gasteiger partial charge in [-0.05, 0) is 5.92 Å². The Bertz CT molecular complexity index is 331. The molecule has 0 atom stereocenters. The lowest BCUT2D eigenvalue weighted by Gasteiger charge is -2.05. The average molecular weight is 197 g/mol. The Labute approximate surface area is 83.1 Å². The Balaban J connectivity index is 2.89. The number of nitrogens with zero attached hydrogens (tertiary/aromatic N) is 2. The molecule has 1 aromatic rings. The fourth-order valence-electron chi connectivity index (χ4n) is 1.17. The van der Waals surface area contributed by atoms with Gasteiger partial charge in [0.15, 0.2) is 5.82 Å². The van der Waals surface area contributed by atoms with Gasteiger partial charge in [0.25, 0.3) is 0 Å². The summed E-state index contributed by atoms with van der Waals surface area (Å²) >= 11 is 0. The maximum absolute atomic E-state index is 11.0. The van der Waals surface area contributed by atoms with Crippen LogP contribution < -0.4 is 5.32 Å². The van der Waals surface area contributed by atoms with Crippen LogP contribution in [0.4, 0.5) is 10.6 Å². The van der Waals surface area contributed by atoms with E-state index in [0.717, 1.165) is 5.56 Å². The van der Waals surface area contributed by atoms with Crippen molar-refractivity contribution < 1.29 is 9.53 Å². The summed E-state index contributed by atoms with van der Waals surface area (Å²) in [7, 11) is 3.14. The zero-order valence-corrected chi connectivity index (χ0v) is 8.87. The van der Waals surface area contributed by atoms with E-state index in [9.17, 15) is 4.79 Å². The van der Waals surface area contributed by atoms with Gasteiger partial charge in [-0.3, -0.25) is 10.00 Å². The maximum atomic E-state index is 11.0. The molecular formula is C9H15N3O2. The largest absolute Gasteiger partial charge is 0.453 e. The van der Waals surface area contributed by atoms with E-state index in [1.807, 2.05) is 27.1 Å². The predicted octanol–water partition coefficient (Wildman–Crippen LogP) is 1.72. The van der Waals surface area contributed by atoms with E-state index in [-0.39, 0.29) is 0 Å². The third kappa shape index (κ3) is 2.25. The number of hydrogen-bond acceptors (Lipinski definition) is 3. The highest BCUT2D eigenvalue weighted by Crippen LogP contribution is 2.22. The predicted molar refractivity (Wildman–Crippen MR) is 53.3 cm³/mol. The van der Waals surface area contributed by atoms with Crippen molar-refractivity contribution in [2.45, 2.75) is 19.8 Å². The number of methoxy groups -OCH3 is 1. The van der Waals surface area contributed by atoms with E-state index in [1.54, 1.807) is 4.68 Å². The summed E-state index contributed by atoms with van der Waals surface area (Å²) in [6, 6.07) is 0. The molecule has 0 unspecified atom stereocenters. The fourth-order valence-corrected chi connectivity index (χ4v) is 1.17. The molecule has 5 nitrogen and oxygen atoms in total. The van der Waals surface area contributed by atoms with Crippen LogP contribution in [0.1, 0.15) is 25.3 Å². The van der Waals surface area contributed by atoms with Gasteiger partial charge in [-0.15, -0.1) is 0 Å². The zero-order chi connectivity index (χ0) is 10.7. The number of hydrogen-bond donors (Lipinski definition) is 1. The van der Waals surface area contributed by atoms with Crippen molar-refractivity contribution in [1.82, 2.24) is 9.78 Å². The first-order valence-electron chi connectivity index (χ1n) is 4.43. The summed E-state index contributed by atoms with van der Waals surface area (Å²) in [6.45, 7) is 4.08. The van der Waals surface area contributed by atoms with E-state index >= 15 is 0 Å². The Hall–Kier alpha value is -1.52. The van der Waals surface area contributed by atoms with Gasteiger partial charge in [-0.2, -0.15) is 5.10 Å². The summed E-state index contributed by atoms with van der Waals surface area (Å²) < 4.78 is 6.17. The van der Waals surface area contributed by atoms with Gasteiger partial charge >= 0.3 is 6.09 Å². The molecule has 1 heterocycles. The van der Waals surface area contributed by atoms with Crippen molar-refractivity contribution in [3.05, 3.63) is 11.8 Å². The summed E-state index contributed by atoms with van der Waals surface area (Å²) in [4.78, 5) is 11.0. The number of rotatable bonds is 2. The SMILES string of the molecule is COC(=O)Nc1nn(C)cc1C(C)C. The monoisotopic (exact) mass is 197 g/mol. The molecule has 5 heteroatoms. The Kier molecular flexibility index (Phi) is 3.11. The smallest absolute Gasteiger partial charge is 0.412 e. The second-order valence-corrected chi connectivity index (χ2v) is 3.38. The van der Waals surface area contributed by atoms with E-state index < -0.39 is 6.09 Å². The molecule has 0 saturated carbocycles. The van der Waals surface area contributed by atoms with Crippen molar-refractivity contribution in [2.75, 3.05) is 12.4 Å².